The van der Waals surface area contributed by atoms with Crippen molar-refractivity contribution < 1.29 is 18.7 Å². The van der Waals surface area contributed by atoms with Gasteiger partial charge in [-0.2, -0.15) is 0 Å². The van der Waals surface area contributed by atoms with E-state index in [0.29, 0.717) is 23.8 Å². The fourth-order valence-electron chi connectivity index (χ4n) is 3.03. The molecule has 0 aliphatic rings. The van der Waals surface area contributed by atoms with Crippen molar-refractivity contribution in [1.29, 1.82) is 0 Å². The van der Waals surface area contributed by atoms with E-state index in [1.165, 1.54) is 35.6 Å². The van der Waals surface area contributed by atoms with E-state index >= 15 is 0 Å². The molecule has 0 fully saturated rings. The fourth-order valence-corrected chi connectivity index (χ4v) is 3.82. The first-order valence-corrected chi connectivity index (χ1v) is 10.9. The third kappa shape index (κ3) is 6.12. The molecule has 3 aromatic rings. The Morgan fingerprint density at radius 3 is 2.44 bits per heavy atom. The zero-order valence-electron chi connectivity index (χ0n) is 18.1. The summed E-state index contributed by atoms with van der Waals surface area (Å²) in [6, 6.07) is 11.0. The minimum absolute atomic E-state index is 0.231. The molecule has 3 amide bonds. The lowest BCUT2D eigenvalue weighted by Gasteiger charge is -2.23. The predicted molar refractivity (Wildman–Crippen MR) is 124 cm³/mol. The molecule has 1 aromatic heterocycles. The zero-order chi connectivity index (χ0) is 23.1. The van der Waals surface area contributed by atoms with E-state index in [-0.39, 0.29) is 24.1 Å². The molecule has 0 atom stereocenters. The standard InChI is InChI=1S/C23H25FN4O3S/c1-15-5-4-6-16(2)21(15)27-23(30)28(11-12-31-3)13-20-26-19(14-32-20)22(29)25-18-9-7-17(24)8-10-18/h4-10,14H,11-13H2,1-3H3,(H,25,29)(H,27,30). The Kier molecular flexibility index (Phi) is 7.91. The van der Waals surface area contributed by atoms with E-state index in [0.717, 1.165) is 16.8 Å². The SMILES string of the molecule is COCCN(Cc1nc(C(=O)Nc2ccc(F)cc2)cs1)C(=O)Nc1c(C)cccc1C. The second-order valence-corrected chi connectivity index (χ2v) is 8.14. The number of methoxy groups -OCH3 is 1. The molecule has 0 aliphatic heterocycles. The number of hydrogen-bond donors (Lipinski definition) is 2. The summed E-state index contributed by atoms with van der Waals surface area (Å²) in [4.78, 5) is 31.4. The van der Waals surface area contributed by atoms with Gasteiger partial charge in [0.15, 0.2) is 0 Å². The minimum Gasteiger partial charge on any atom is -0.383 e. The Hall–Kier alpha value is -3.30. The van der Waals surface area contributed by atoms with Gasteiger partial charge in [-0.3, -0.25) is 4.79 Å². The number of aromatic nitrogens is 1. The summed E-state index contributed by atoms with van der Waals surface area (Å²) >= 11 is 1.29. The van der Waals surface area contributed by atoms with E-state index < -0.39 is 5.91 Å². The Morgan fingerprint density at radius 2 is 1.78 bits per heavy atom. The predicted octanol–water partition coefficient (Wildman–Crippen LogP) is 4.83. The van der Waals surface area contributed by atoms with Crippen molar-refractivity contribution in [3.05, 3.63) is 75.5 Å². The van der Waals surface area contributed by atoms with E-state index in [1.54, 1.807) is 17.4 Å². The monoisotopic (exact) mass is 456 g/mol. The molecule has 7 nitrogen and oxygen atoms in total. The average molecular weight is 457 g/mol. The highest BCUT2D eigenvalue weighted by molar-refractivity contribution is 7.09. The topological polar surface area (TPSA) is 83.6 Å². The van der Waals surface area contributed by atoms with E-state index in [4.69, 9.17) is 4.74 Å². The number of carbonyl (C=O) groups is 2. The van der Waals surface area contributed by atoms with Crippen LogP contribution in [0.25, 0.3) is 0 Å². The van der Waals surface area contributed by atoms with Crippen LogP contribution in [0, 0.1) is 19.7 Å². The van der Waals surface area contributed by atoms with Gasteiger partial charge in [-0.25, -0.2) is 14.2 Å². The average Bonchev–Trinajstić information content (AvgIpc) is 3.24. The number of para-hydroxylation sites is 1. The van der Waals surface area contributed by atoms with Gasteiger partial charge >= 0.3 is 6.03 Å². The maximum atomic E-state index is 13.0. The Labute approximate surface area is 190 Å². The number of rotatable bonds is 8. The number of nitrogens with zero attached hydrogens (tertiary/aromatic N) is 2. The van der Waals surface area contributed by atoms with Crippen LogP contribution in [0.1, 0.15) is 26.6 Å². The van der Waals surface area contributed by atoms with Crippen LogP contribution < -0.4 is 10.6 Å². The Bertz CT molecular complexity index is 1060. The van der Waals surface area contributed by atoms with Gasteiger partial charge in [0, 0.05) is 30.4 Å². The van der Waals surface area contributed by atoms with Gasteiger partial charge in [-0.15, -0.1) is 11.3 Å². The number of urea groups is 1. The van der Waals surface area contributed by atoms with Crippen LogP contribution in [0.3, 0.4) is 0 Å². The summed E-state index contributed by atoms with van der Waals surface area (Å²) in [5, 5.41) is 7.90. The number of carbonyl (C=O) groups excluding carboxylic acids is 2. The summed E-state index contributed by atoms with van der Waals surface area (Å²) in [6.07, 6.45) is 0. The summed E-state index contributed by atoms with van der Waals surface area (Å²) < 4.78 is 18.2. The van der Waals surface area contributed by atoms with Gasteiger partial charge in [0.2, 0.25) is 0 Å². The molecular formula is C23H25FN4O3S. The number of nitrogens with one attached hydrogen (secondary N) is 2. The summed E-state index contributed by atoms with van der Waals surface area (Å²) in [7, 11) is 1.57. The number of thiazole rings is 1. The maximum Gasteiger partial charge on any atom is 0.322 e. The first-order valence-electron chi connectivity index (χ1n) is 9.99. The molecule has 0 radical (unpaired) electrons. The highest BCUT2D eigenvalue weighted by atomic mass is 32.1. The van der Waals surface area contributed by atoms with Crippen molar-refractivity contribution in [3.63, 3.8) is 0 Å². The van der Waals surface area contributed by atoms with Crippen molar-refractivity contribution in [2.45, 2.75) is 20.4 Å². The lowest BCUT2D eigenvalue weighted by molar-refractivity contribution is 0.102. The first-order chi connectivity index (χ1) is 15.4. The molecule has 3 rings (SSSR count). The van der Waals surface area contributed by atoms with Gasteiger partial charge in [0.25, 0.3) is 5.91 Å². The highest BCUT2D eigenvalue weighted by Crippen LogP contribution is 2.21. The lowest BCUT2D eigenvalue weighted by Crippen LogP contribution is -2.37. The molecule has 2 N–H and O–H groups in total. The molecule has 0 unspecified atom stereocenters. The fraction of sp³-hybridized carbons (Fsp3) is 0.261. The second kappa shape index (κ2) is 10.8. The number of halogens is 1. The molecule has 0 bridgehead atoms. The molecule has 0 spiro atoms. The lowest BCUT2D eigenvalue weighted by atomic mass is 10.1. The van der Waals surface area contributed by atoms with Crippen LogP contribution in [-0.4, -0.2) is 42.1 Å². The number of anilines is 2. The van der Waals surface area contributed by atoms with Gasteiger partial charge in [0.05, 0.1) is 13.2 Å². The number of benzene rings is 2. The largest absolute Gasteiger partial charge is 0.383 e. The number of ether oxygens (including phenoxy) is 1. The Morgan fingerprint density at radius 1 is 1.09 bits per heavy atom. The van der Waals surface area contributed by atoms with Crippen molar-refractivity contribution in [2.75, 3.05) is 30.9 Å². The summed E-state index contributed by atoms with van der Waals surface area (Å²) in [5.74, 6) is -0.781. The van der Waals surface area contributed by atoms with Gasteiger partial charge in [-0.1, -0.05) is 18.2 Å². The first kappa shape index (κ1) is 23.4. The van der Waals surface area contributed by atoms with Gasteiger partial charge < -0.3 is 20.3 Å². The number of aryl methyl sites for hydroxylation is 2. The quantitative estimate of drug-likeness (QED) is 0.508. The number of hydrogen-bond acceptors (Lipinski definition) is 5. The van der Waals surface area contributed by atoms with Crippen LogP contribution in [0.5, 0.6) is 0 Å². The molecule has 2 aromatic carbocycles. The van der Waals surface area contributed by atoms with Crippen LogP contribution in [0.4, 0.5) is 20.6 Å². The molecule has 0 saturated heterocycles. The molecule has 1 heterocycles. The molecular weight excluding hydrogens is 431 g/mol. The molecule has 0 saturated carbocycles. The van der Waals surface area contributed by atoms with Gasteiger partial charge in [-0.05, 0) is 49.2 Å². The smallest absolute Gasteiger partial charge is 0.322 e. The third-order valence-corrected chi connectivity index (χ3v) is 5.61. The summed E-state index contributed by atoms with van der Waals surface area (Å²) in [6.45, 7) is 4.84. The van der Waals surface area contributed by atoms with E-state index in [1.807, 2.05) is 32.0 Å². The van der Waals surface area contributed by atoms with Crippen molar-refractivity contribution in [3.8, 4) is 0 Å². The molecule has 168 valence electrons. The van der Waals surface area contributed by atoms with Crippen LogP contribution in [0.15, 0.2) is 47.8 Å². The second-order valence-electron chi connectivity index (χ2n) is 7.20. The Balaban J connectivity index is 1.69. The van der Waals surface area contributed by atoms with Crippen LogP contribution in [-0.2, 0) is 11.3 Å². The molecule has 9 heteroatoms. The van der Waals surface area contributed by atoms with Crippen LogP contribution >= 0.6 is 11.3 Å². The van der Waals surface area contributed by atoms with Crippen molar-refractivity contribution in [1.82, 2.24) is 9.88 Å². The third-order valence-electron chi connectivity index (χ3n) is 4.78. The molecule has 0 aliphatic carbocycles. The normalized spacial score (nSPS) is 10.6. The maximum absolute atomic E-state index is 13.0. The number of amides is 3. The van der Waals surface area contributed by atoms with Crippen molar-refractivity contribution in [2.24, 2.45) is 0 Å². The van der Waals surface area contributed by atoms with E-state index in [9.17, 15) is 14.0 Å². The minimum atomic E-state index is -0.400. The molecule has 32 heavy (non-hydrogen) atoms. The zero-order valence-corrected chi connectivity index (χ0v) is 19.0. The van der Waals surface area contributed by atoms with E-state index in [2.05, 4.69) is 15.6 Å². The summed E-state index contributed by atoms with van der Waals surface area (Å²) in [5.41, 5.74) is 3.42. The van der Waals surface area contributed by atoms with Crippen molar-refractivity contribution >= 4 is 34.6 Å². The van der Waals surface area contributed by atoms with Crippen LogP contribution in [0.2, 0.25) is 0 Å². The van der Waals surface area contributed by atoms with Gasteiger partial charge in [0.1, 0.15) is 16.5 Å². The highest BCUT2D eigenvalue weighted by Gasteiger charge is 2.19.